The standard InChI is InChI=1S/C16H22N2S/c1-13(16-9-6-10-19-16)18(2)12-15(11-17)14-7-4-3-5-8-14/h3-10,13,15H,11-12,17H2,1-2H3. The second-order valence-corrected chi connectivity index (χ2v) is 5.95. The highest BCUT2D eigenvalue weighted by molar-refractivity contribution is 7.10. The van der Waals surface area contributed by atoms with Crippen molar-refractivity contribution in [2.45, 2.75) is 18.9 Å². The third-order valence-electron chi connectivity index (χ3n) is 3.68. The van der Waals surface area contributed by atoms with Gasteiger partial charge in [0.15, 0.2) is 0 Å². The van der Waals surface area contributed by atoms with E-state index in [0.29, 0.717) is 18.5 Å². The first kappa shape index (κ1) is 14.3. The molecular formula is C16H22N2S. The number of rotatable bonds is 6. The Morgan fingerprint density at radius 3 is 2.47 bits per heavy atom. The summed E-state index contributed by atoms with van der Waals surface area (Å²) in [5.74, 6) is 0.397. The van der Waals surface area contributed by atoms with Crippen LogP contribution in [0.2, 0.25) is 0 Å². The fourth-order valence-electron chi connectivity index (χ4n) is 2.29. The van der Waals surface area contributed by atoms with Gasteiger partial charge in [-0.3, -0.25) is 4.90 Å². The van der Waals surface area contributed by atoms with Gasteiger partial charge in [0.05, 0.1) is 0 Å². The molecule has 0 amide bonds. The van der Waals surface area contributed by atoms with Crippen LogP contribution in [0.3, 0.4) is 0 Å². The molecule has 2 N–H and O–H groups in total. The van der Waals surface area contributed by atoms with Crippen LogP contribution >= 0.6 is 11.3 Å². The quantitative estimate of drug-likeness (QED) is 0.874. The van der Waals surface area contributed by atoms with Gasteiger partial charge >= 0.3 is 0 Å². The first-order valence-electron chi connectivity index (χ1n) is 6.71. The van der Waals surface area contributed by atoms with Crippen molar-refractivity contribution in [1.29, 1.82) is 0 Å². The van der Waals surface area contributed by atoms with Gasteiger partial charge in [-0.25, -0.2) is 0 Å². The maximum absolute atomic E-state index is 5.95. The van der Waals surface area contributed by atoms with Crippen molar-refractivity contribution in [3.8, 4) is 0 Å². The Balaban J connectivity index is 2.02. The van der Waals surface area contributed by atoms with Crippen LogP contribution in [0.15, 0.2) is 47.8 Å². The van der Waals surface area contributed by atoms with Crippen molar-refractivity contribution in [2.24, 2.45) is 5.73 Å². The molecule has 0 aliphatic rings. The fraction of sp³-hybridized carbons (Fsp3) is 0.375. The number of nitrogens with two attached hydrogens (primary N) is 1. The lowest BCUT2D eigenvalue weighted by Crippen LogP contribution is -2.30. The van der Waals surface area contributed by atoms with Crippen LogP contribution in [0.1, 0.15) is 29.3 Å². The van der Waals surface area contributed by atoms with Crippen molar-refractivity contribution in [2.75, 3.05) is 20.1 Å². The van der Waals surface area contributed by atoms with E-state index in [9.17, 15) is 0 Å². The Morgan fingerprint density at radius 1 is 1.16 bits per heavy atom. The van der Waals surface area contributed by atoms with Crippen molar-refractivity contribution in [1.82, 2.24) is 4.90 Å². The zero-order valence-corrected chi connectivity index (χ0v) is 12.4. The molecule has 2 unspecified atom stereocenters. The minimum absolute atomic E-state index is 0.397. The molecule has 19 heavy (non-hydrogen) atoms. The summed E-state index contributed by atoms with van der Waals surface area (Å²) in [6, 6.07) is 15.3. The Morgan fingerprint density at radius 2 is 1.89 bits per heavy atom. The van der Waals surface area contributed by atoms with Crippen LogP contribution < -0.4 is 5.73 Å². The average Bonchev–Trinajstić information content (AvgIpc) is 2.98. The highest BCUT2D eigenvalue weighted by Crippen LogP contribution is 2.25. The van der Waals surface area contributed by atoms with E-state index in [-0.39, 0.29) is 0 Å². The molecular weight excluding hydrogens is 252 g/mol. The Labute approximate surface area is 119 Å². The van der Waals surface area contributed by atoms with Crippen molar-refractivity contribution < 1.29 is 0 Å². The van der Waals surface area contributed by atoms with Gasteiger partial charge in [-0.2, -0.15) is 0 Å². The summed E-state index contributed by atoms with van der Waals surface area (Å²) in [5, 5.41) is 2.14. The summed E-state index contributed by atoms with van der Waals surface area (Å²) < 4.78 is 0. The largest absolute Gasteiger partial charge is 0.330 e. The molecule has 0 aliphatic heterocycles. The average molecular weight is 274 g/mol. The molecule has 1 aromatic heterocycles. The van der Waals surface area contributed by atoms with Crippen LogP contribution in [0.5, 0.6) is 0 Å². The summed E-state index contributed by atoms with van der Waals surface area (Å²) in [4.78, 5) is 3.79. The Bertz CT molecular complexity index is 467. The normalized spacial score (nSPS) is 14.5. The van der Waals surface area contributed by atoms with Gasteiger partial charge in [0.1, 0.15) is 0 Å². The molecule has 1 aromatic carbocycles. The van der Waals surface area contributed by atoms with E-state index in [1.54, 1.807) is 0 Å². The minimum atomic E-state index is 0.397. The van der Waals surface area contributed by atoms with Crippen molar-refractivity contribution >= 4 is 11.3 Å². The smallest absolute Gasteiger partial charge is 0.0410 e. The summed E-state index contributed by atoms with van der Waals surface area (Å²) in [5.41, 5.74) is 7.28. The zero-order valence-electron chi connectivity index (χ0n) is 11.6. The van der Waals surface area contributed by atoms with Gasteiger partial charge in [-0.15, -0.1) is 11.3 Å². The van der Waals surface area contributed by atoms with E-state index in [0.717, 1.165) is 6.54 Å². The topological polar surface area (TPSA) is 29.3 Å². The summed E-state index contributed by atoms with van der Waals surface area (Å²) in [7, 11) is 2.18. The maximum Gasteiger partial charge on any atom is 0.0410 e. The number of hydrogen-bond acceptors (Lipinski definition) is 3. The molecule has 2 nitrogen and oxygen atoms in total. The van der Waals surface area contributed by atoms with Crippen LogP contribution in [0.4, 0.5) is 0 Å². The molecule has 0 saturated carbocycles. The molecule has 0 fully saturated rings. The predicted octanol–water partition coefficient (Wildman–Crippen LogP) is 3.48. The van der Waals surface area contributed by atoms with E-state index in [2.05, 4.69) is 66.7 Å². The Hall–Kier alpha value is -1.16. The molecule has 2 atom stereocenters. The van der Waals surface area contributed by atoms with Gasteiger partial charge in [-0.05, 0) is 31.0 Å². The van der Waals surface area contributed by atoms with E-state index in [1.807, 2.05) is 11.3 Å². The molecule has 3 heteroatoms. The van der Waals surface area contributed by atoms with Gasteiger partial charge < -0.3 is 5.73 Å². The molecule has 102 valence electrons. The second kappa shape index (κ2) is 6.85. The number of benzene rings is 1. The van der Waals surface area contributed by atoms with Crippen LogP contribution in [0, 0.1) is 0 Å². The monoisotopic (exact) mass is 274 g/mol. The number of hydrogen-bond donors (Lipinski definition) is 1. The third-order valence-corrected chi connectivity index (χ3v) is 4.72. The molecule has 0 bridgehead atoms. The zero-order chi connectivity index (χ0) is 13.7. The van der Waals surface area contributed by atoms with E-state index in [4.69, 9.17) is 5.73 Å². The Kier molecular flexibility index (Phi) is 5.14. The lowest BCUT2D eigenvalue weighted by atomic mass is 9.98. The van der Waals surface area contributed by atoms with Gasteiger partial charge in [0.25, 0.3) is 0 Å². The minimum Gasteiger partial charge on any atom is -0.330 e. The summed E-state index contributed by atoms with van der Waals surface area (Å²) in [6.07, 6.45) is 0. The van der Waals surface area contributed by atoms with E-state index >= 15 is 0 Å². The molecule has 0 saturated heterocycles. The molecule has 0 spiro atoms. The van der Waals surface area contributed by atoms with Crippen molar-refractivity contribution in [3.05, 3.63) is 58.3 Å². The first-order valence-corrected chi connectivity index (χ1v) is 7.59. The van der Waals surface area contributed by atoms with Gasteiger partial charge in [0, 0.05) is 29.9 Å². The highest BCUT2D eigenvalue weighted by atomic mass is 32.1. The third kappa shape index (κ3) is 3.66. The van der Waals surface area contributed by atoms with Crippen LogP contribution in [0.25, 0.3) is 0 Å². The second-order valence-electron chi connectivity index (χ2n) is 4.97. The fourth-order valence-corrected chi connectivity index (χ4v) is 3.14. The van der Waals surface area contributed by atoms with E-state index < -0.39 is 0 Å². The lowest BCUT2D eigenvalue weighted by Gasteiger charge is -2.28. The number of thiophene rings is 1. The number of likely N-dealkylation sites (N-methyl/N-ethyl adjacent to an activating group) is 1. The SMILES string of the molecule is CC(c1cccs1)N(C)CC(CN)c1ccccc1. The van der Waals surface area contributed by atoms with Crippen molar-refractivity contribution in [3.63, 3.8) is 0 Å². The molecule has 2 rings (SSSR count). The van der Waals surface area contributed by atoms with Gasteiger partial charge in [0.2, 0.25) is 0 Å². The molecule has 0 aliphatic carbocycles. The first-order chi connectivity index (χ1) is 9.22. The molecule has 2 aromatic rings. The van der Waals surface area contributed by atoms with Gasteiger partial charge in [-0.1, -0.05) is 36.4 Å². The van der Waals surface area contributed by atoms with Crippen LogP contribution in [-0.4, -0.2) is 25.0 Å². The predicted molar refractivity (Wildman–Crippen MR) is 83.6 cm³/mol. The summed E-state index contributed by atoms with van der Waals surface area (Å²) in [6.45, 7) is 3.93. The van der Waals surface area contributed by atoms with Crippen LogP contribution in [-0.2, 0) is 0 Å². The maximum atomic E-state index is 5.95. The van der Waals surface area contributed by atoms with E-state index in [1.165, 1.54) is 10.4 Å². The highest BCUT2D eigenvalue weighted by Gasteiger charge is 2.17. The molecule has 1 heterocycles. The summed E-state index contributed by atoms with van der Waals surface area (Å²) >= 11 is 1.82. The molecule has 0 radical (unpaired) electrons. The number of nitrogens with zero attached hydrogens (tertiary/aromatic N) is 1. The lowest BCUT2D eigenvalue weighted by molar-refractivity contribution is 0.249.